The van der Waals surface area contributed by atoms with Gasteiger partial charge in [0, 0.05) is 12.1 Å². The Kier molecular flexibility index (Phi) is 2.06. The molecule has 0 aliphatic rings. The molecule has 0 bridgehead atoms. The van der Waals surface area contributed by atoms with Crippen LogP contribution < -0.4 is 0 Å². The number of aromatic hydroxyl groups is 1. The fourth-order valence-electron chi connectivity index (χ4n) is 1.17. The summed E-state index contributed by atoms with van der Waals surface area (Å²) < 4.78 is 1.23. The van der Waals surface area contributed by atoms with Crippen molar-refractivity contribution in [3.05, 3.63) is 29.6 Å². The van der Waals surface area contributed by atoms with Crippen LogP contribution >= 0.6 is 0 Å². The lowest BCUT2D eigenvalue weighted by Crippen LogP contribution is -2.01. The van der Waals surface area contributed by atoms with Crippen LogP contribution in [0.1, 0.15) is 11.3 Å². The Bertz CT molecular complexity index is 540. The van der Waals surface area contributed by atoms with Crippen LogP contribution in [0.3, 0.4) is 0 Å². The van der Waals surface area contributed by atoms with Gasteiger partial charge in [0.05, 0.1) is 17.5 Å². The van der Waals surface area contributed by atoms with E-state index in [9.17, 15) is 5.11 Å². The summed E-state index contributed by atoms with van der Waals surface area (Å²) in [7, 11) is 0. The minimum absolute atomic E-state index is 0.0307. The molecular weight excluding hydrogens is 194 g/mol. The average Bonchev–Trinajstić information content (AvgIpc) is 2.58. The first-order chi connectivity index (χ1) is 7.20. The van der Waals surface area contributed by atoms with Gasteiger partial charge in [-0.1, -0.05) is 0 Å². The van der Waals surface area contributed by atoms with Gasteiger partial charge in [-0.05, 0) is 6.92 Å². The zero-order valence-electron chi connectivity index (χ0n) is 7.92. The number of rotatable bonds is 1. The van der Waals surface area contributed by atoms with E-state index in [-0.39, 0.29) is 5.88 Å². The Morgan fingerprint density at radius 1 is 1.47 bits per heavy atom. The largest absolute Gasteiger partial charge is 0.493 e. The van der Waals surface area contributed by atoms with Crippen LogP contribution in [-0.4, -0.2) is 25.1 Å². The highest BCUT2D eigenvalue weighted by atomic mass is 16.3. The predicted octanol–water partition coefficient (Wildman–Crippen LogP) is 0.548. The quantitative estimate of drug-likeness (QED) is 0.727. The van der Waals surface area contributed by atoms with Crippen LogP contribution in [0.25, 0.3) is 5.82 Å². The third-order valence-corrected chi connectivity index (χ3v) is 1.80. The van der Waals surface area contributed by atoms with E-state index in [0.717, 1.165) is 0 Å². The van der Waals surface area contributed by atoms with Crippen molar-refractivity contribution in [1.29, 1.82) is 5.26 Å². The van der Waals surface area contributed by atoms with Crippen LogP contribution in [0.4, 0.5) is 0 Å². The van der Waals surface area contributed by atoms with Crippen LogP contribution in [0, 0.1) is 18.3 Å². The van der Waals surface area contributed by atoms with Gasteiger partial charge in [-0.3, -0.25) is 0 Å². The summed E-state index contributed by atoms with van der Waals surface area (Å²) in [5.74, 6) is 0.288. The molecule has 0 radical (unpaired) electrons. The van der Waals surface area contributed by atoms with Gasteiger partial charge in [0.2, 0.25) is 5.88 Å². The molecule has 6 nitrogen and oxygen atoms in total. The maximum absolute atomic E-state index is 9.50. The van der Waals surface area contributed by atoms with Crippen molar-refractivity contribution >= 4 is 0 Å². The smallest absolute Gasteiger partial charge is 0.215 e. The zero-order chi connectivity index (χ0) is 10.8. The number of hydrogen-bond acceptors (Lipinski definition) is 5. The SMILES string of the molecule is Cc1cc(O)n(-c2cc(C#N)cnn2)n1. The molecular formula is C9H7N5O. The third-order valence-electron chi connectivity index (χ3n) is 1.80. The first-order valence-electron chi connectivity index (χ1n) is 4.19. The van der Waals surface area contributed by atoms with Crippen molar-refractivity contribution in [2.75, 3.05) is 0 Å². The van der Waals surface area contributed by atoms with Crippen LogP contribution in [-0.2, 0) is 0 Å². The van der Waals surface area contributed by atoms with Crippen molar-refractivity contribution in [3.8, 4) is 17.8 Å². The summed E-state index contributed by atoms with van der Waals surface area (Å²) in [6, 6.07) is 4.94. The van der Waals surface area contributed by atoms with Gasteiger partial charge >= 0.3 is 0 Å². The van der Waals surface area contributed by atoms with E-state index >= 15 is 0 Å². The van der Waals surface area contributed by atoms with Crippen LogP contribution in [0.2, 0.25) is 0 Å². The number of aromatic nitrogens is 4. The van der Waals surface area contributed by atoms with E-state index in [4.69, 9.17) is 5.26 Å². The Morgan fingerprint density at radius 3 is 2.87 bits per heavy atom. The lowest BCUT2D eigenvalue weighted by Gasteiger charge is -1.99. The van der Waals surface area contributed by atoms with E-state index in [2.05, 4.69) is 15.3 Å². The number of hydrogen-bond donors (Lipinski definition) is 1. The first kappa shape index (κ1) is 9.15. The lowest BCUT2D eigenvalue weighted by molar-refractivity contribution is 0.431. The third kappa shape index (κ3) is 1.62. The van der Waals surface area contributed by atoms with E-state index in [1.54, 1.807) is 6.92 Å². The van der Waals surface area contributed by atoms with E-state index in [0.29, 0.717) is 17.1 Å². The number of aryl methyl sites for hydroxylation is 1. The molecule has 0 unspecified atom stereocenters. The zero-order valence-corrected chi connectivity index (χ0v) is 7.92. The minimum Gasteiger partial charge on any atom is -0.493 e. The Labute approximate surface area is 85.4 Å². The van der Waals surface area contributed by atoms with E-state index < -0.39 is 0 Å². The molecule has 2 rings (SSSR count). The van der Waals surface area contributed by atoms with Gasteiger partial charge in [0.15, 0.2) is 5.82 Å². The Hall–Kier alpha value is -2.42. The molecule has 2 aromatic rings. The maximum Gasteiger partial charge on any atom is 0.215 e. The molecule has 0 saturated carbocycles. The summed E-state index contributed by atoms with van der Waals surface area (Å²) in [6.45, 7) is 1.75. The van der Waals surface area contributed by atoms with Gasteiger partial charge in [0.1, 0.15) is 6.07 Å². The van der Waals surface area contributed by atoms with Gasteiger partial charge in [-0.15, -0.1) is 5.10 Å². The van der Waals surface area contributed by atoms with Gasteiger partial charge in [-0.25, -0.2) is 0 Å². The van der Waals surface area contributed by atoms with E-state index in [1.165, 1.54) is 23.0 Å². The van der Waals surface area contributed by atoms with Gasteiger partial charge < -0.3 is 5.11 Å². The highest BCUT2D eigenvalue weighted by molar-refractivity contribution is 5.35. The normalized spacial score (nSPS) is 9.87. The molecule has 0 amide bonds. The highest BCUT2D eigenvalue weighted by Crippen LogP contribution is 2.15. The molecule has 74 valence electrons. The number of nitrogens with zero attached hydrogens (tertiary/aromatic N) is 5. The summed E-state index contributed by atoms with van der Waals surface area (Å²) >= 11 is 0. The maximum atomic E-state index is 9.50. The first-order valence-corrected chi connectivity index (χ1v) is 4.19. The molecule has 0 fully saturated rings. The van der Waals surface area contributed by atoms with E-state index in [1.807, 2.05) is 6.07 Å². The van der Waals surface area contributed by atoms with Crippen molar-refractivity contribution in [2.45, 2.75) is 6.92 Å². The van der Waals surface area contributed by atoms with Crippen molar-refractivity contribution in [2.24, 2.45) is 0 Å². The number of nitriles is 1. The minimum atomic E-state index is -0.0307. The van der Waals surface area contributed by atoms with Crippen LogP contribution in [0.5, 0.6) is 5.88 Å². The second-order valence-corrected chi connectivity index (χ2v) is 2.97. The fraction of sp³-hybridized carbons (Fsp3) is 0.111. The molecule has 0 atom stereocenters. The van der Waals surface area contributed by atoms with Crippen molar-refractivity contribution in [1.82, 2.24) is 20.0 Å². The molecule has 1 N–H and O–H groups in total. The summed E-state index contributed by atoms with van der Waals surface area (Å²) in [5, 5.41) is 29.6. The highest BCUT2D eigenvalue weighted by Gasteiger charge is 2.08. The molecule has 0 aromatic carbocycles. The molecule has 0 spiro atoms. The Balaban J connectivity index is 2.55. The molecule has 0 aliphatic carbocycles. The predicted molar refractivity (Wildman–Crippen MR) is 50.3 cm³/mol. The lowest BCUT2D eigenvalue weighted by atomic mass is 10.3. The molecule has 0 saturated heterocycles. The van der Waals surface area contributed by atoms with Crippen molar-refractivity contribution in [3.63, 3.8) is 0 Å². The van der Waals surface area contributed by atoms with Gasteiger partial charge in [0.25, 0.3) is 0 Å². The summed E-state index contributed by atoms with van der Waals surface area (Å²) in [5.41, 5.74) is 1.03. The molecule has 0 aliphatic heterocycles. The molecule has 2 heterocycles. The van der Waals surface area contributed by atoms with Gasteiger partial charge in [-0.2, -0.15) is 20.1 Å². The fourth-order valence-corrected chi connectivity index (χ4v) is 1.17. The average molecular weight is 201 g/mol. The summed E-state index contributed by atoms with van der Waals surface area (Å²) in [6.07, 6.45) is 1.34. The Morgan fingerprint density at radius 2 is 2.27 bits per heavy atom. The monoisotopic (exact) mass is 201 g/mol. The molecule has 2 aromatic heterocycles. The second kappa shape index (κ2) is 3.38. The van der Waals surface area contributed by atoms with Crippen LogP contribution in [0.15, 0.2) is 18.3 Å². The standard InChI is InChI=1S/C9H7N5O/c1-6-2-9(15)14(13-6)8-3-7(4-10)5-11-12-8/h2-3,5,15H,1H3. The molecule has 6 heteroatoms. The summed E-state index contributed by atoms with van der Waals surface area (Å²) in [4.78, 5) is 0. The topological polar surface area (TPSA) is 87.6 Å². The molecule has 15 heavy (non-hydrogen) atoms. The second-order valence-electron chi connectivity index (χ2n) is 2.97. The van der Waals surface area contributed by atoms with Crippen molar-refractivity contribution < 1.29 is 5.11 Å².